The first kappa shape index (κ1) is 21.8. The lowest BCUT2D eigenvalue weighted by molar-refractivity contribution is 0.0944. The summed E-state index contributed by atoms with van der Waals surface area (Å²) in [4.78, 5) is 24.2. The zero-order valence-corrected chi connectivity index (χ0v) is 17.5. The van der Waals surface area contributed by atoms with Crippen LogP contribution in [0.15, 0.2) is 65.7 Å². The molecule has 0 bridgehead atoms. The molecular weight excluding hydrogens is 402 g/mol. The first-order chi connectivity index (χ1) is 14.2. The highest BCUT2D eigenvalue weighted by Gasteiger charge is 2.17. The van der Waals surface area contributed by atoms with E-state index in [1.807, 2.05) is 41.2 Å². The molecule has 1 aliphatic heterocycles. The topological polar surface area (TPSA) is 81.0 Å². The number of carbonyl (C=O) groups excluding carboxylic acids is 1. The van der Waals surface area contributed by atoms with Gasteiger partial charge < -0.3 is 15.2 Å². The molecule has 2 N–H and O–H groups in total. The predicted octanol–water partition coefficient (Wildman–Crippen LogP) is 2.37. The van der Waals surface area contributed by atoms with E-state index in [1.54, 1.807) is 29.0 Å². The van der Waals surface area contributed by atoms with Crippen LogP contribution in [0.1, 0.15) is 40.5 Å². The predicted molar refractivity (Wildman–Crippen MR) is 118 cm³/mol. The van der Waals surface area contributed by atoms with Crippen molar-refractivity contribution in [1.82, 2.24) is 25.0 Å². The van der Waals surface area contributed by atoms with E-state index in [0.717, 1.165) is 37.1 Å². The molecule has 0 aliphatic carbocycles. The fraction of sp³-hybridized carbons (Fsp3) is 0.318. The second-order valence-corrected chi connectivity index (χ2v) is 7.35. The minimum Gasteiger partial charge on any atom is -0.347 e. The lowest BCUT2D eigenvalue weighted by Crippen LogP contribution is -2.32. The van der Waals surface area contributed by atoms with Crippen molar-refractivity contribution < 1.29 is 4.79 Å². The van der Waals surface area contributed by atoms with Crippen molar-refractivity contribution in [2.45, 2.75) is 32.0 Å². The molecule has 8 heteroatoms. The fourth-order valence-corrected chi connectivity index (χ4v) is 3.55. The molecule has 0 radical (unpaired) electrons. The summed E-state index contributed by atoms with van der Waals surface area (Å²) in [6.07, 6.45) is 5.87. The van der Waals surface area contributed by atoms with Gasteiger partial charge in [-0.2, -0.15) is 5.10 Å². The Morgan fingerprint density at radius 2 is 1.90 bits per heavy atom. The summed E-state index contributed by atoms with van der Waals surface area (Å²) in [5.41, 5.74) is 2.45. The quantitative estimate of drug-likeness (QED) is 0.632. The molecule has 0 saturated carbocycles. The number of hydrogen-bond acceptors (Lipinski definition) is 4. The standard InChI is InChI=1S/C22H25N5O2.ClH/c28-21-5-1-2-12-26(21)16-18-8-6-17(7-9-18)14-24-22(29)20-10-13-27(25-20)19-4-3-11-23-15-19;/h1-2,5-10,12-13,19,23H,3-4,11,14-16H2,(H,24,29);1H. The molecule has 2 aromatic heterocycles. The number of halogens is 1. The normalized spacial score (nSPS) is 15.9. The first-order valence-corrected chi connectivity index (χ1v) is 9.96. The summed E-state index contributed by atoms with van der Waals surface area (Å²) in [7, 11) is 0. The Labute approximate surface area is 181 Å². The molecule has 1 amide bonds. The Morgan fingerprint density at radius 1 is 1.10 bits per heavy atom. The van der Waals surface area contributed by atoms with Gasteiger partial charge in [0.15, 0.2) is 0 Å². The van der Waals surface area contributed by atoms with Gasteiger partial charge in [0.1, 0.15) is 5.69 Å². The van der Waals surface area contributed by atoms with Gasteiger partial charge >= 0.3 is 0 Å². The third kappa shape index (κ3) is 5.37. The number of amides is 1. The molecule has 1 fully saturated rings. The van der Waals surface area contributed by atoms with Crippen molar-refractivity contribution in [3.63, 3.8) is 0 Å². The van der Waals surface area contributed by atoms with Crippen LogP contribution in [0.5, 0.6) is 0 Å². The van der Waals surface area contributed by atoms with E-state index >= 15 is 0 Å². The number of aromatic nitrogens is 3. The molecule has 0 spiro atoms. The molecular formula is C22H26ClN5O2. The van der Waals surface area contributed by atoms with Crippen LogP contribution in [-0.2, 0) is 13.1 Å². The van der Waals surface area contributed by atoms with Gasteiger partial charge in [-0.3, -0.25) is 14.3 Å². The van der Waals surface area contributed by atoms with Gasteiger partial charge in [0.05, 0.1) is 12.6 Å². The van der Waals surface area contributed by atoms with Crippen molar-refractivity contribution in [2.24, 2.45) is 0 Å². The number of nitrogens with zero attached hydrogens (tertiary/aromatic N) is 3. The molecule has 30 heavy (non-hydrogen) atoms. The van der Waals surface area contributed by atoms with Crippen LogP contribution in [0.4, 0.5) is 0 Å². The molecule has 1 aliphatic rings. The van der Waals surface area contributed by atoms with Gasteiger partial charge in [-0.25, -0.2) is 0 Å². The largest absolute Gasteiger partial charge is 0.347 e. The average Bonchev–Trinajstić information content (AvgIpc) is 3.26. The SMILES string of the molecule is Cl.O=C(NCc1ccc(Cn2ccccc2=O)cc1)c1ccn(C2CCCNC2)n1. The van der Waals surface area contributed by atoms with Crippen LogP contribution < -0.4 is 16.2 Å². The molecule has 1 atom stereocenters. The average molecular weight is 428 g/mol. The Kier molecular flexibility index (Phi) is 7.43. The summed E-state index contributed by atoms with van der Waals surface area (Å²) < 4.78 is 3.55. The molecule has 3 aromatic rings. The molecule has 1 unspecified atom stereocenters. The minimum absolute atomic E-state index is 0. The van der Waals surface area contributed by atoms with Crippen LogP contribution >= 0.6 is 12.4 Å². The van der Waals surface area contributed by atoms with E-state index in [0.29, 0.717) is 24.8 Å². The monoisotopic (exact) mass is 427 g/mol. The molecule has 7 nitrogen and oxygen atoms in total. The van der Waals surface area contributed by atoms with E-state index in [-0.39, 0.29) is 23.9 Å². The van der Waals surface area contributed by atoms with Gasteiger partial charge in [0, 0.05) is 31.5 Å². The van der Waals surface area contributed by atoms with Crippen LogP contribution in [0.2, 0.25) is 0 Å². The third-order valence-corrected chi connectivity index (χ3v) is 5.21. The summed E-state index contributed by atoms with van der Waals surface area (Å²) in [6.45, 7) is 2.90. The van der Waals surface area contributed by atoms with Crippen LogP contribution in [0.25, 0.3) is 0 Å². The Bertz CT molecular complexity index is 1020. The maximum Gasteiger partial charge on any atom is 0.272 e. The van der Waals surface area contributed by atoms with Crippen LogP contribution in [0, 0.1) is 0 Å². The number of pyridine rings is 1. The first-order valence-electron chi connectivity index (χ1n) is 9.96. The number of hydrogen-bond donors (Lipinski definition) is 2. The van der Waals surface area contributed by atoms with Crippen molar-refractivity contribution in [1.29, 1.82) is 0 Å². The van der Waals surface area contributed by atoms with Crippen LogP contribution in [0.3, 0.4) is 0 Å². The third-order valence-electron chi connectivity index (χ3n) is 5.21. The Hall–Kier alpha value is -2.90. The number of nitrogens with one attached hydrogen (secondary N) is 2. The number of rotatable bonds is 6. The molecule has 158 valence electrons. The molecule has 3 heterocycles. The fourth-order valence-electron chi connectivity index (χ4n) is 3.55. The highest BCUT2D eigenvalue weighted by Crippen LogP contribution is 2.15. The number of benzene rings is 1. The van der Waals surface area contributed by atoms with E-state index in [4.69, 9.17) is 0 Å². The maximum absolute atomic E-state index is 12.4. The summed E-state index contributed by atoms with van der Waals surface area (Å²) in [5.74, 6) is -0.174. The maximum atomic E-state index is 12.4. The zero-order valence-electron chi connectivity index (χ0n) is 16.7. The second kappa shape index (κ2) is 10.2. The highest BCUT2D eigenvalue weighted by molar-refractivity contribution is 5.92. The van der Waals surface area contributed by atoms with Crippen molar-refractivity contribution >= 4 is 18.3 Å². The van der Waals surface area contributed by atoms with Crippen molar-refractivity contribution in [3.05, 3.63) is 88.1 Å². The number of piperidine rings is 1. The second-order valence-electron chi connectivity index (χ2n) is 7.35. The summed E-state index contributed by atoms with van der Waals surface area (Å²) in [6, 6.07) is 15.1. The smallest absolute Gasteiger partial charge is 0.272 e. The highest BCUT2D eigenvalue weighted by atomic mass is 35.5. The molecule has 1 saturated heterocycles. The van der Waals surface area contributed by atoms with Gasteiger partial charge in [-0.05, 0) is 42.6 Å². The zero-order chi connectivity index (χ0) is 20.1. The van der Waals surface area contributed by atoms with Gasteiger partial charge in [-0.15, -0.1) is 12.4 Å². The minimum atomic E-state index is -0.174. The van der Waals surface area contributed by atoms with Crippen molar-refractivity contribution in [2.75, 3.05) is 13.1 Å². The van der Waals surface area contributed by atoms with E-state index in [2.05, 4.69) is 15.7 Å². The summed E-state index contributed by atoms with van der Waals surface area (Å²) >= 11 is 0. The van der Waals surface area contributed by atoms with E-state index in [9.17, 15) is 9.59 Å². The van der Waals surface area contributed by atoms with Crippen LogP contribution in [-0.4, -0.2) is 33.3 Å². The Balaban J connectivity index is 0.00000256. The Morgan fingerprint density at radius 3 is 2.63 bits per heavy atom. The van der Waals surface area contributed by atoms with Crippen molar-refractivity contribution in [3.8, 4) is 0 Å². The lowest BCUT2D eigenvalue weighted by atomic mass is 10.1. The van der Waals surface area contributed by atoms with Gasteiger partial charge in [0.25, 0.3) is 11.5 Å². The van der Waals surface area contributed by atoms with E-state index in [1.165, 1.54) is 0 Å². The van der Waals surface area contributed by atoms with Gasteiger partial charge in [0.2, 0.25) is 0 Å². The van der Waals surface area contributed by atoms with Gasteiger partial charge in [-0.1, -0.05) is 30.3 Å². The molecule has 1 aromatic carbocycles. The number of carbonyl (C=O) groups is 1. The molecule has 4 rings (SSSR count). The van der Waals surface area contributed by atoms with E-state index < -0.39 is 0 Å². The lowest BCUT2D eigenvalue weighted by Gasteiger charge is -2.22. The summed E-state index contributed by atoms with van der Waals surface area (Å²) in [5, 5.41) is 10.7.